The van der Waals surface area contributed by atoms with E-state index in [2.05, 4.69) is 17.1 Å². The van der Waals surface area contributed by atoms with Gasteiger partial charge in [-0.05, 0) is 42.8 Å². The zero-order valence-corrected chi connectivity index (χ0v) is 9.97. The highest BCUT2D eigenvalue weighted by Gasteiger charge is 2.07. The molecule has 3 nitrogen and oxygen atoms in total. The lowest BCUT2D eigenvalue weighted by atomic mass is 10.1. The quantitative estimate of drug-likeness (QED) is 0.763. The minimum Gasteiger partial charge on any atom is -0.436 e. The third kappa shape index (κ3) is 2.00. The molecule has 0 amide bonds. The Morgan fingerprint density at radius 2 is 1.78 bits per heavy atom. The van der Waals surface area contributed by atoms with Crippen LogP contribution < -0.4 is 5.73 Å². The van der Waals surface area contributed by atoms with E-state index in [9.17, 15) is 0 Å². The maximum atomic E-state index is 5.72. The van der Waals surface area contributed by atoms with E-state index in [1.165, 1.54) is 5.56 Å². The van der Waals surface area contributed by atoms with Gasteiger partial charge in [0.05, 0.1) is 0 Å². The number of oxazole rings is 1. The molecule has 0 saturated heterocycles. The van der Waals surface area contributed by atoms with Crippen molar-refractivity contribution in [3.05, 3.63) is 54.1 Å². The highest BCUT2D eigenvalue weighted by molar-refractivity contribution is 5.75. The number of benzene rings is 2. The molecule has 1 aromatic heterocycles. The Morgan fingerprint density at radius 1 is 1.00 bits per heavy atom. The molecule has 0 aliphatic heterocycles. The first-order chi connectivity index (χ1) is 8.86. The lowest BCUT2D eigenvalue weighted by Crippen LogP contribution is -2.02. The number of para-hydroxylation sites is 2. The predicted molar refractivity (Wildman–Crippen MR) is 72.2 cm³/mol. The fraction of sp³-hybridized carbons (Fsp3) is 0.133. The number of nitrogens with two attached hydrogens (primary N) is 1. The van der Waals surface area contributed by atoms with Gasteiger partial charge < -0.3 is 10.2 Å². The summed E-state index contributed by atoms with van der Waals surface area (Å²) < 4.78 is 5.72. The number of rotatable bonds is 3. The Kier molecular flexibility index (Phi) is 2.82. The van der Waals surface area contributed by atoms with E-state index in [0.29, 0.717) is 12.4 Å². The van der Waals surface area contributed by atoms with Crippen LogP contribution in [0.3, 0.4) is 0 Å². The molecule has 0 atom stereocenters. The molecule has 0 aliphatic rings. The SMILES string of the molecule is NCCc1ccc(-c2nc3ccccc3o2)cc1. The van der Waals surface area contributed by atoms with E-state index in [1.54, 1.807) is 0 Å². The Bertz CT molecular complexity index is 623. The molecule has 3 rings (SSSR count). The largest absolute Gasteiger partial charge is 0.436 e. The summed E-state index contributed by atoms with van der Waals surface area (Å²) in [5, 5.41) is 0. The standard InChI is InChI=1S/C15H14N2O/c16-10-9-11-5-7-12(8-6-11)15-17-13-3-1-2-4-14(13)18-15/h1-8H,9-10,16H2. The molecular weight excluding hydrogens is 224 g/mol. The number of hydrogen-bond acceptors (Lipinski definition) is 3. The first-order valence-electron chi connectivity index (χ1n) is 6.02. The van der Waals surface area contributed by atoms with Crippen LogP contribution in [0.2, 0.25) is 0 Å². The molecule has 2 N–H and O–H groups in total. The molecule has 0 radical (unpaired) electrons. The van der Waals surface area contributed by atoms with Crippen LogP contribution in [-0.4, -0.2) is 11.5 Å². The predicted octanol–water partition coefficient (Wildman–Crippen LogP) is 3.00. The van der Waals surface area contributed by atoms with E-state index in [4.69, 9.17) is 10.2 Å². The molecule has 3 aromatic rings. The third-order valence-corrected chi connectivity index (χ3v) is 2.93. The van der Waals surface area contributed by atoms with E-state index in [0.717, 1.165) is 23.1 Å². The average molecular weight is 238 g/mol. The summed E-state index contributed by atoms with van der Waals surface area (Å²) in [6.07, 6.45) is 0.897. The van der Waals surface area contributed by atoms with Crippen LogP contribution in [0.25, 0.3) is 22.6 Å². The maximum Gasteiger partial charge on any atom is 0.227 e. The molecule has 18 heavy (non-hydrogen) atoms. The van der Waals surface area contributed by atoms with Gasteiger partial charge in [0.1, 0.15) is 5.52 Å². The molecule has 0 saturated carbocycles. The molecule has 1 heterocycles. The molecule has 0 bridgehead atoms. The van der Waals surface area contributed by atoms with Crippen molar-refractivity contribution in [1.82, 2.24) is 4.98 Å². The fourth-order valence-electron chi connectivity index (χ4n) is 1.98. The summed E-state index contributed by atoms with van der Waals surface area (Å²) in [6, 6.07) is 16.0. The second-order valence-electron chi connectivity index (χ2n) is 4.22. The highest BCUT2D eigenvalue weighted by Crippen LogP contribution is 2.24. The van der Waals surface area contributed by atoms with Crippen LogP contribution in [0.15, 0.2) is 52.9 Å². The molecule has 0 unspecified atom stereocenters. The van der Waals surface area contributed by atoms with Crippen molar-refractivity contribution in [2.75, 3.05) is 6.54 Å². The van der Waals surface area contributed by atoms with Crippen LogP contribution in [0, 0.1) is 0 Å². The van der Waals surface area contributed by atoms with Crippen LogP contribution in [0.1, 0.15) is 5.56 Å². The third-order valence-electron chi connectivity index (χ3n) is 2.93. The fourth-order valence-corrected chi connectivity index (χ4v) is 1.98. The highest BCUT2D eigenvalue weighted by atomic mass is 16.3. The summed E-state index contributed by atoms with van der Waals surface area (Å²) in [5.41, 5.74) is 9.46. The van der Waals surface area contributed by atoms with Crippen molar-refractivity contribution in [2.24, 2.45) is 5.73 Å². The lowest BCUT2D eigenvalue weighted by molar-refractivity contribution is 0.620. The van der Waals surface area contributed by atoms with E-state index < -0.39 is 0 Å². The first-order valence-corrected chi connectivity index (χ1v) is 6.02. The zero-order chi connectivity index (χ0) is 12.4. The van der Waals surface area contributed by atoms with Gasteiger partial charge in [-0.25, -0.2) is 4.98 Å². The average Bonchev–Trinajstić information content (AvgIpc) is 2.84. The number of nitrogens with zero attached hydrogens (tertiary/aromatic N) is 1. The van der Waals surface area contributed by atoms with Crippen molar-refractivity contribution in [3.63, 3.8) is 0 Å². The van der Waals surface area contributed by atoms with Gasteiger partial charge in [-0.1, -0.05) is 24.3 Å². The molecule has 3 heteroatoms. The van der Waals surface area contributed by atoms with Gasteiger partial charge in [-0.15, -0.1) is 0 Å². The van der Waals surface area contributed by atoms with E-state index in [1.807, 2.05) is 36.4 Å². The zero-order valence-electron chi connectivity index (χ0n) is 9.97. The van der Waals surface area contributed by atoms with Crippen LogP contribution in [-0.2, 0) is 6.42 Å². The molecule has 2 aromatic carbocycles. The first kappa shape index (κ1) is 11.0. The molecule has 0 fully saturated rings. The maximum absolute atomic E-state index is 5.72. The normalized spacial score (nSPS) is 10.9. The number of hydrogen-bond donors (Lipinski definition) is 1. The Morgan fingerprint density at radius 3 is 2.50 bits per heavy atom. The Balaban J connectivity index is 1.98. The van der Waals surface area contributed by atoms with Gasteiger partial charge >= 0.3 is 0 Å². The van der Waals surface area contributed by atoms with Crippen molar-refractivity contribution < 1.29 is 4.42 Å². The van der Waals surface area contributed by atoms with Crippen LogP contribution in [0.4, 0.5) is 0 Å². The van der Waals surface area contributed by atoms with Gasteiger partial charge in [0.2, 0.25) is 5.89 Å². The van der Waals surface area contributed by atoms with Crippen molar-refractivity contribution in [2.45, 2.75) is 6.42 Å². The molecular formula is C15H14N2O. The second-order valence-corrected chi connectivity index (χ2v) is 4.22. The summed E-state index contributed by atoms with van der Waals surface area (Å²) >= 11 is 0. The minimum absolute atomic E-state index is 0.662. The van der Waals surface area contributed by atoms with Gasteiger partial charge in [0.15, 0.2) is 5.58 Å². The molecule has 0 aliphatic carbocycles. The summed E-state index contributed by atoms with van der Waals surface area (Å²) in [4.78, 5) is 4.47. The lowest BCUT2D eigenvalue weighted by Gasteiger charge is -1.99. The molecule has 90 valence electrons. The van der Waals surface area contributed by atoms with E-state index >= 15 is 0 Å². The monoisotopic (exact) mass is 238 g/mol. The summed E-state index contributed by atoms with van der Waals surface area (Å²) in [6.45, 7) is 0.669. The van der Waals surface area contributed by atoms with Gasteiger partial charge in [-0.3, -0.25) is 0 Å². The van der Waals surface area contributed by atoms with Crippen molar-refractivity contribution in [3.8, 4) is 11.5 Å². The topological polar surface area (TPSA) is 52.0 Å². The Hall–Kier alpha value is -2.13. The van der Waals surface area contributed by atoms with Crippen molar-refractivity contribution >= 4 is 11.1 Å². The van der Waals surface area contributed by atoms with Crippen LogP contribution >= 0.6 is 0 Å². The smallest absolute Gasteiger partial charge is 0.227 e. The number of aromatic nitrogens is 1. The number of fused-ring (bicyclic) bond motifs is 1. The summed E-state index contributed by atoms with van der Waals surface area (Å²) in [5.74, 6) is 0.662. The summed E-state index contributed by atoms with van der Waals surface area (Å²) in [7, 11) is 0. The molecule has 0 spiro atoms. The van der Waals surface area contributed by atoms with Gasteiger partial charge in [-0.2, -0.15) is 0 Å². The van der Waals surface area contributed by atoms with Crippen molar-refractivity contribution in [1.29, 1.82) is 0 Å². The van der Waals surface area contributed by atoms with Gasteiger partial charge in [0.25, 0.3) is 0 Å². The second kappa shape index (κ2) is 4.63. The Labute approximate surface area is 105 Å². The minimum atomic E-state index is 0.662. The van der Waals surface area contributed by atoms with Crippen LogP contribution in [0.5, 0.6) is 0 Å². The van der Waals surface area contributed by atoms with E-state index in [-0.39, 0.29) is 0 Å². The van der Waals surface area contributed by atoms with Gasteiger partial charge in [0, 0.05) is 5.56 Å².